The highest BCUT2D eigenvalue weighted by atomic mass is 32.1. The molecule has 50 heavy (non-hydrogen) atoms. The van der Waals surface area contributed by atoms with Gasteiger partial charge in [-0.05, 0) is 58.7 Å². The monoisotopic (exact) mass is 658 g/mol. The van der Waals surface area contributed by atoms with E-state index in [0.29, 0.717) is 17.6 Å². The van der Waals surface area contributed by atoms with E-state index in [1.807, 2.05) is 78.1 Å². The predicted molar refractivity (Wildman–Crippen MR) is 209 cm³/mol. The zero-order valence-electron chi connectivity index (χ0n) is 27.0. The zero-order chi connectivity index (χ0) is 33.3. The molecule has 0 amide bonds. The molecule has 0 aliphatic heterocycles. The molecule has 0 unspecified atom stereocenters. The first-order valence-electron chi connectivity index (χ1n) is 16.6. The molecular formula is C45H30N4S. The van der Waals surface area contributed by atoms with Gasteiger partial charge in [0.25, 0.3) is 0 Å². The van der Waals surface area contributed by atoms with Crippen molar-refractivity contribution in [3.63, 3.8) is 0 Å². The van der Waals surface area contributed by atoms with Crippen LogP contribution in [0.15, 0.2) is 182 Å². The van der Waals surface area contributed by atoms with Crippen molar-refractivity contribution >= 4 is 48.8 Å². The number of rotatable bonds is 7. The second-order valence-electron chi connectivity index (χ2n) is 12.1. The maximum atomic E-state index is 5.10. The Labute approximate surface area is 294 Å². The number of benzene rings is 7. The van der Waals surface area contributed by atoms with Gasteiger partial charge in [0.15, 0.2) is 11.6 Å². The Kier molecular flexibility index (Phi) is 7.65. The Balaban J connectivity index is 1.17. The molecule has 5 heteroatoms. The van der Waals surface area contributed by atoms with E-state index < -0.39 is 0 Å². The van der Waals surface area contributed by atoms with Gasteiger partial charge < -0.3 is 0 Å². The van der Waals surface area contributed by atoms with Crippen molar-refractivity contribution in [2.45, 2.75) is 0 Å². The zero-order valence-corrected chi connectivity index (χ0v) is 27.8. The Bertz CT molecular complexity index is 2510. The van der Waals surface area contributed by atoms with E-state index in [-0.39, 0.29) is 0 Å². The number of aromatic nitrogens is 3. The third-order valence-electron chi connectivity index (χ3n) is 8.96. The minimum Gasteiger partial charge on any atom is -0.279 e. The molecule has 0 saturated heterocycles. The van der Waals surface area contributed by atoms with Gasteiger partial charge in [-0.3, -0.25) is 4.90 Å². The van der Waals surface area contributed by atoms with Gasteiger partial charge in [-0.1, -0.05) is 146 Å². The average molecular weight is 659 g/mol. The first-order valence-corrected chi connectivity index (χ1v) is 17.4. The summed E-state index contributed by atoms with van der Waals surface area (Å²) in [5.74, 6) is 1.78. The molecule has 9 rings (SSSR count). The van der Waals surface area contributed by atoms with Crippen LogP contribution in [0.3, 0.4) is 0 Å². The van der Waals surface area contributed by atoms with Gasteiger partial charge >= 0.3 is 0 Å². The summed E-state index contributed by atoms with van der Waals surface area (Å²) in [7, 11) is 0. The minimum atomic E-state index is 0.546. The summed E-state index contributed by atoms with van der Waals surface area (Å²) in [5.41, 5.74) is 8.42. The Hall–Kier alpha value is -6.43. The molecule has 0 radical (unpaired) electrons. The van der Waals surface area contributed by atoms with Crippen molar-refractivity contribution in [2.24, 2.45) is 0 Å². The van der Waals surface area contributed by atoms with Crippen LogP contribution in [0.1, 0.15) is 0 Å². The lowest BCUT2D eigenvalue weighted by Gasteiger charge is -2.24. The normalized spacial score (nSPS) is 11.2. The van der Waals surface area contributed by atoms with Gasteiger partial charge in [-0.2, -0.15) is 9.97 Å². The van der Waals surface area contributed by atoms with Gasteiger partial charge in [0.05, 0.1) is 0 Å². The molecule has 0 atom stereocenters. The van der Waals surface area contributed by atoms with Crippen LogP contribution in [0.5, 0.6) is 0 Å². The Morgan fingerprint density at radius 3 is 1.36 bits per heavy atom. The van der Waals surface area contributed by atoms with E-state index in [9.17, 15) is 0 Å². The molecule has 4 nitrogen and oxygen atoms in total. The number of nitrogens with zero attached hydrogens (tertiary/aromatic N) is 4. The highest BCUT2D eigenvalue weighted by Gasteiger charge is 2.20. The highest BCUT2D eigenvalue weighted by Crippen LogP contribution is 2.39. The van der Waals surface area contributed by atoms with Gasteiger partial charge in [-0.25, -0.2) is 4.98 Å². The molecule has 0 aliphatic carbocycles. The molecule has 0 fully saturated rings. The predicted octanol–water partition coefficient (Wildman–Crippen LogP) is 12.4. The SMILES string of the molecule is c1ccc(-c2ccc(N(c3ccc(-c4ccc5c(c4)sc4ccccc45)cc3)c3nc(-c4ccccc4)nc(-c4ccccc4)n3)cc2)cc1. The molecule has 0 N–H and O–H groups in total. The highest BCUT2D eigenvalue weighted by molar-refractivity contribution is 7.25. The van der Waals surface area contributed by atoms with Crippen molar-refractivity contribution in [2.75, 3.05) is 4.90 Å². The summed E-state index contributed by atoms with van der Waals surface area (Å²) in [6, 6.07) is 63.3. The summed E-state index contributed by atoms with van der Waals surface area (Å²) in [4.78, 5) is 17.3. The molecule has 7 aromatic carbocycles. The van der Waals surface area contributed by atoms with Crippen molar-refractivity contribution in [3.05, 3.63) is 182 Å². The van der Waals surface area contributed by atoms with E-state index in [1.165, 1.54) is 31.3 Å². The fraction of sp³-hybridized carbons (Fsp3) is 0. The van der Waals surface area contributed by atoms with Gasteiger partial charge in [0.1, 0.15) is 0 Å². The Morgan fingerprint density at radius 2 is 0.780 bits per heavy atom. The molecule has 9 aromatic rings. The van der Waals surface area contributed by atoms with E-state index in [1.54, 1.807) is 0 Å². The van der Waals surface area contributed by atoms with Crippen molar-refractivity contribution in [3.8, 4) is 45.0 Å². The van der Waals surface area contributed by atoms with Gasteiger partial charge in [-0.15, -0.1) is 11.3 Å². The van der Waals surface area contributed by atoms with Crippen molar-refractivity contribution in [1.29, 1.82) is 0 Å². The van der Waals surface area contributed by atoms with Gasteiger partial charge in [0.2, 0.25) is 5.95 Å². The third kappa shape index (κ3) is 5.70. The molecule has 0 spiro atoms. The molecule has 0 aliphatic rings. The fourth-order valence-corrected chi connectivity index (χ4v) is 7.56. The lowest BCUT2D eigenvalue weighted by molar-refractivity contribution is 1.02. The van der Waals surface area contributed by atoms with Crippen LogP contribution in [0.25, 0.3) is 65.2 Å². The van der Waals surface area contributed by atoms with Crippen LogP contribution < -0.4 is 4.90 Å². The summed E-state index contributed by atoms with van der Waals surface area (Å²) in [6.45, 7) is 0. The summed E-state index contributed by atoms with van der Waals surface area (Å²) in [5, 5.41) is 2.61. The minimum absolute atomic E-state index is 0.546. The first kappa shape index (κ1) is 29.7. The molecule has 0 saturated carbocycles. The van der Waals surface area contributed by atoms with Crippen LogP contribution in [0.2, 0.25) is 0 Å². The topological polar surface area (TPSA) is 41.9 Å². The maximum absolute atomic E-state index is 5.10. The molecular weight excluding hydrogens is 629 g/mol. The summed E-state index contributed by atoms with van der Waals surface area (Å²) >= 11 is 1.84. The number of fused-ring (bicyclic) bond motifs is 3. The maximum Gasteiger partial charge on any atom is 0.238 e. The smallest absolute Gasteiger partial charge is 0.238 e. The molecule has 2 aromatic heterocycles. The van der Waals surface area contributed by atoms with Crippen LogP contribution in [-0.4, -0.2) is 15.0 Å². The fourth-order valence-electron chi connectivity index (χ4n) is 6.42. The number of hydrogen-bond acceptors (Lipinski definition) is 5. The largest absolute Gasteiger partial charge is 0.279 e. The van der Waals surface area contributed by atoms with Crippen LogP contribution >= 0.6 is 11.3 Å². The third-order valence-corrected chi connectivity index (χ3v) is 10.1. The number of hydrogen-bond donors (Lipinski definition) is 0. The van der Waals surface area contributed by atoms with Crippen LogP contribution in [0.4, 0.5) is 17.3 Å². The van der Waals surface area contributed by atoms with Gasteiger partial charge in [0, 0.05) is 42.7 Å². The van der Waals surface area contributed by atoms with E-state index in [4.69, 9.17) is 15.0 Å². The van der Waals surface area contributed by atoms with Crippen molar-refractivity contribution < 1.29 is 0 Å². The van der Waals surface area contributed by atoms with E-state index in [2.05, 4.69) is 120 Å². The Morgan fingerprint density at radius 1 is 0.340 bits per heavy atom. The number of anilines is 3. The van der Waals surface area contributed by atoms with Crippen LogP contribution in [0, 0.1) is 0 Å². The first-order chi connectivity index (χ1) is 24.8. The van der Waals surface area contributed by atoms with E-state index in [0.717, 1.165) is 33.6 Å². The summed E-state index contributed by atoms with van der Waals surface area (Å²) in [6.07, 6.45) is 0. The lowest BCUT2D eigenvalue weighted by Crippen LogP contribution is -2.15. The second-order valence-corrected chi connectivity index (χ2v) is 13.2. The molecule has 2 heterocycles. The van der Waals surface area contributed by atoms with Crippen molar-refractivity contribution in [1.82, 2.24) is 15.0 Å². The molecule has 0 bridgehead atoms. The summed E-state index contributed by atoms with van der Waals surface area (Å²) < 4.78 is 2.60. The van der Waals surface area contributed by atoms with E-state index >= 15 is 0 Å². The molecule has 236 valence electrons. The quantitative estimate of drug-likeness (QED) is 0.171. The van der Waals surface area contributed by atoms with Crippen LogP contribution in [-0.2, 0) is 0 Å². The standard InChI is InChI=1S/C45H30N4S/c1-4-12-31(13-5-1)32-20-25-37(26-21-32)49(45-47-43(34-14-6-2-7-15-34)46-44(48-45)35-16-8-3-9-17-35)38-27-22-33(23-28-38)36-24-29-40-39-18-10-11-19-41(39)50-42(40)30-36/h1-30H. The second kappa shape index (κ2) is 12.9. The number of thiophene rings is 1. The lowest BCUT2D eigenvalue weighted by atomic mass is 10.0. The average Bonchev–Trinajstić information content (AvgIpc) is 3.57.